The summed E-state index contributed by atoms with van der Waals surface area (Å²) in [5.41, 5.74) is 1.23. The average Bonchev–Trinajstić information content (AvgIpc) is 2.88. The first-order chi connectivity index (χ1) is 10.0. The molecule has 1 N–H and O–H groups in total. The Morgan fingerprint density at radius 1 is 1.48 bits per heavy atom. The molecule has 2 atom stereocenters. The summed E-state index contributed by atoms with van der Waals surface area (Å²) in [6.07, 6.45) is 9.07. The third-order valence-corrected chi connectivity index (χ3v) is 6.12. The molecule has 1 fully saturated rings. The van der Waals surface area contributed by atoms with Gasteiger partial charge in [0.15, 0.2) is 5.16 Å². The van der Waals surface area contributed by atoms with E-state index in [9.17, 15) is 4.79 Å². The molecule has 1 aromatic heterocycles. The standard InChI is InChI=1S/C15H24N2O2S2/c1-10(2)12-8-16-15(21-9-14(18)19)17(12)11-6-4-5-7-13(11)20-3/h8,10-11,13H,4-7,9H2,1-3H3,(H,18,19). The largest absolute Gasteiger partial charge is 0.481 e. The van der Waals surface area contributed by atoms with E-state index in [-0.39, 0.29) is 5.75 Å². The Balaban J connectivity index is 2.32. The summed E-state index contributed by atoms with van der Waals surface area (Å²) in [7, 11) is 0. The highest BCUT2D eigenvalue weighted by Gasteiger charge is 2.30. The maximum atomic E-state index is 10.9. The van der Waals surface area contributed by atoms with E-state index < -0.39 is 5.97 Å². The molecule has 2 unspecified atom stereocenters. The van der Waals surface area contributed by atoms with Gasteiger partial charge in [-0.3, -0.25) is 4.79 Å². The van der Waals surface area contributed by atoms with E-state index in [1.807, 2.05) is 18.0 Å². The normalized spacial score (nSPS) is 22.7. The van der Waals surface area contributed by atoms with E-state index in [0.717, 1.165) is 5.16 Å². The van der Waals surface area contributed by atoms with Crippen LogP contribution < -0.4 is 0 Å². The molecule has 1 aliphatic rings. The highest BCUT2D eigenvalue weighted by atomic mass is 32.2. The van der Waals surface area contributed by atoms with Gasteiger partial charge in [-0.05, 0) is 25.0 Å². The maximum Gasteiger partial charge on any atom is 0.313 e. The molecule has 0 aromatic carbocycles. The lowest BCUT2D eigenvalue weighted by Gasteiger charge is -2.34. The molecule has 0 spiro atoms. The van der Waals surface area contributed by atoms with Crippen LogP contribution in [0.5, 0.6) is 0 Å². The molecule has 0 radical (unpaired) electrons. The van der Waals surface area contributed by atoms with Crippen LogP contribution >= 0.6 is 23.5 Å². The van der Waals surface area contributed by atoms with Gasteiger partial charge in [0.05, 0.1) is 5.75 Å². The van der Waals surface area contributed by atoms with Crippen molar-refractivity contribution in [2.24, 2.45) is 0 Å². The Labute approximate surface area is 135 Å². The minimum absolute atomic E-state index is 0.0746. The second-order valence-electron chi connectivity index (χ2n) is 5.80. The van der Waals surface area contributed by atoms with Crippen LogP contribution in [0.25, 0.3) is 0 Å². The van der Waals surface area contributed by atoms with Crippen LogP contribution in [0, 0.1) is 0 Å². The Bertz CT molecular complexity index is 488. The van der Waals surface area contributed by atoms with Crippen molar-refractivity contribution in [1.29, 1.82) is 0 Å². The summed E-state index contributed by atoms with van der Waals surface area (Å²) >= 11 is 3.27. The summed E-state index contributed by atoms with van der Waals surface area (Å²) in [5.74, 6) is -0.308. The molecule has 2 rings (SSSR count). The zero-order valence-electron chi connectivity index (χ0n) is 12.9. The quantitative estimate of drug-likeness (QED) is 0.799. The van der Waals surface area contributed by atoms with E-state index in [1.165, 1.54) is 43.1 Å². The second kappa shape index (κ2) is 7.58. The van der Waals surface area contributed by atoms with Gasteiger partial charge in [-0.1, -0.05) is 38.5 Å². The van der Waals surface area contributed by atoms with Gasteiger partial charge in [-0.15, -0.1) is 0 Å². The van der Waals surface area contributed by atoms with E-state index in [2.05, 4.69) is 29.7 Å². The fourth-order valence-electron chi connectivity index (χ4n) is 3.00. The molecule has 1 aromatic rings. The van der Waals surface area contributed by atoms with Crippen molar-refractivity contribution in [2.75, 3.05) is 12.0 Å². The summed E-state index contributed by atoms with van der Waals surface area (Å²) in [6.45, 7) is 4.35. The number of nitrogens with zero attached hydrogens (tertiary/aromatic N) is 2. The number of carboxylic acid groups (broad SMARTS) is 1. The number of aliphatic carboxylic acids is 1. The van der Waals surface area contributed by atoms with Gasteiger partial charge in [-0.2, -0.15) is 11.8 Å². The average molecular weight is 329 g/mol. The maximum absolute atomic E-state index is 10.9. The van der Waals surface area contributed by atoms with Crippen molar-refractivity contribution in [3.63, 3.8) is 0 Å². The van der Waals surface area contributed by atoms with Gasteiger partial charge >= 0.3 is 5.97 Å². The molecule has 1 saturated carbocycles. The second-order valence-corrected chi connectivity index (χ2v) is 7.82. The van der Waals surface area contributed by atoms with Gasteiger partial charge in [0.1, 0.15) is 0 Å². The number of aromatic nitrogens is 2. The predicted octanol–water partition coefficient (Wildman–Crippen LogP) is 4.03. The summed E-state index contributed by atoms with van der Waals surface area (Å²) in [5, 5.41) is 10.4. The minimum Gasteiger partial charge on any atom is -0.481 e. The highest BCUT2D eigenvalue weighted by Crippen LogP contribution is 2.40. The first-order valence-corrected chi connectivity index (χ1v) is 9.76. The topological polar surface area (TPSA) is 55.1 Å². The summed E-state index contributed by atoms with van der Waals surface area (Å²) in [6, 6.07) is 0.449. The van der Waals surface area contributed by atoms with Gasteiger partial charge < -0.3 is 9.67 Å². The van der Waals surface area contributed by atoms with E-state index in [1.54, 1.807) is 0 Å². The zero-order valence-corrected chi connectivity index (χ0v) is 14.5. The molecular weight excluding hydrogens is 304 g/mol. The molecule has 0 amide bonds. The summed E-state index contributed by atoms with van der Waals surface area (Å²) in [4.78, 5) is 15.4. The highest BCUT2D eigenvalue weighted by molar-refractivity contribution is 7.99. The van der Waals surface area contributed by atoms with Crippen LogP contribution in [0.2, 0.25) is 0 Å². The van der Waals surface area contributed by atoms with E-state index in [0.29, 0.717) is 17.2 Å². The van der Waals surface area contributed by atoms with Gasteiger partial charge in [0.2, 0.25) is 0 Å². The molecule has 1 aliphatic carbocycles. The van der Waals surface area contributed by atoms with E-state index in [4.69, 9.17) is 5.11 Å². The van der Waals surface area contributed by atoms with Gasteiger partial charge in [-0.25, -0.2) is 4.98 Å². The molecule has 4 nitrogen and oxygen atoms in total. The van der Waals surface area contributed by atoms with Crippen LogP contribution in [0.15, 0.2) is 11.4 Å². The lowest BCUT2D eigenvalue weighted by atomic mass is 9.94. The zero-order chi connectivity index (χ0) is 15.4. The van der Waals surface area contributed by atoms with Crippen molar-refractivity contribution in [2.45, 2.75) is 61.9 Å². The minimum atomic E-state index is -0.786. The fourth-order valence-corrected chi connectivity index (χ4v) is 4.73. The Kier molecular flexibility index (Phi) is 6.05. The predicted molar refractivity (Wildman–Crippen MR) is 89.5 cm³/mol. The van der Waals surface area contributed by atoms with Crippen molar-refractivity contribution >= 4 is 29.5 Å². The summed E-state index contributed by atoms with van der Waals surface area (Å²) < 4.78 is 2.33. The van der Waals surface area contributed by atoms with Crippen molar-refractivity contribution in [3.8, 4) is 0 Å². The molecule has 21 heavy (non-hydrogen) atoms. The number of imidazole rings is 1. The third kappa shape index (κ3) is 3.97. The molecule has 0 saturated heterocycles. The molecule has 1 heterocycles. The number of thioether (sulfide) groups is 2. The lowest BCUT2D eigenvalue weighted by molar-refractivity contribution is -0.133. The van der Waals surface area contributed by atoms with Crippen molar-refractivity contribution in [1.82, 2.24) is 9.55 Å². The van der Waals surface area contributed by atoms with Crippen molar-refractivity contribution < 1.29 is 9.90 Å². The number of carboxylic acids is 1. The Morgan fingerprint density at radius 3 is 2.81 bits per heavy atom. The smallest absolute Gasteiger partial charge is 0.313 e. The molecule has 6 heteroatoms. The molecule has 118 valence electrons. The van der Waals surface area contributed by atoms with Crippen molar-refractivity contribution in [3.05, 3.63) is 11.9 Å². The molecule has 0 aliphatic heterocycles. The third-order valence-electron chi connectivity index (χ3n) is 4.01. The number of hydrogen-bond acceptors (Lipinski definition) is 4. The van der Waals surface area contributed by atoms with Crippen LogP contribution in [-0.2, 0) is 4.79 Å². The first kappa shape index (κ1) is 16.7. The molecule has 0 bridgehead atoms. The first-order valence-electron chi connectivity index (χ1n) is 7.49. The fraction of sp³-hybridized carbons (Fsp3) is 0.733. The van der Waals surface area contributed by atoms with Crippen LogP contribution in [0.1, 0.15) is 57.2 Å². The number of rotatable bonds is 6. The SMILES string of the molecule is CSC1CCCCC1n1c(C(C)C)cnc1SCC(=O)O. The van der Waals surface area contributed by atoms with E-state index >= 15 is 0 Å². The monoisotopic (exact) mass is 328 g/mol. The lowest BCUT2D eigenvalue weighted by Crippen LogP contribution is -2.27. The Hall–Kier alpha value is -0.620. The van der Waals surface area contributed by atoms with Gasteiger partial charge in [0.25, 0.3) is 0 Å². The van der Waals surface area contributed by atoms with Crippen LogP contribution in [0.3, 0.4) is 0 Å². The molecular formula is C15H24N2O2S2. The number of hydrogen-bond donors (Lipinski definition) is 1. The Morgan fingerprint density at radius 2 is 2.19 bits per heavy atom. The number of carbonyl (C=O) groups is 1. The van der Waals surface area contributed by atoms with Gasteiger partial charge in [0, 0.05) is 23.2 Å². The van der Waals surface area contributed by atoms with Crippen LogP contribution in [-0.4, -0.2) is 37.9 Å². The van der Waals surface area contributed by atoms with Crippen LogP contribution in [0.4, 0.5) is 0 Å².